The quantitative estimate of drug-likeness (QED) is 0.479. The topological polar surface area (TPSA) is 89.3 Å². The molecule has 1 saturated carbocycles. The summed E-state index contributed by atoms with van der Waals surface area (Å²) in [6.45, 7) is 4.68. The molecule has 3 heterocycles. The third-order valence-electron chi connectivity index (χ3n) is 8.62. The van der Waals surface area contributed by atoms with Crippen LogP contribution in [0.25, 0.3) is 11.0 Å². The first-order chi connectivity index (χ1) is 18.5. The summed E-state index contributed by atoms with van der Waals surface area (Å²) in [6, 6.07) is 4.96. The Balaban J connectivity index is 1.50. The van der Waals surface area contributed by atoms with Crippen LogP contribution in [0.3, 0.4) is 0 Å². The first kappa shape index (κ1) is 27.1. The second kappa shape index (κ2) is 9.93. The first-order valence-corrected chi connectivity index (χ1v) is 13.0. The van der Waals surface area contributed by atoms with Gasteiger partial charge in [0.05, 0.1) is 28.2 Å². The smallest absolute Gasteiger partial charge is 0.266 e. The summed E-state index contributed by atoms with van der Waals surface area (Å²) in [7, 11) is 3.23. The largest absolute Gasteiger partial charge is 0.373 e. The zero-order valence-electron chi connectivity index (χ0n) is 22.4. The highest BCUT2D eigenvalue weighted by Gasteiger charge is 2.51. The Kier molecular flexibility index (Phi) is 6.90. The molecule has 1 aliphatic heterocycles. The number of amides is 1. The molecule has 2 aliphatic rings. The molecule has 1 atom stereocenters. The first-order valence-electron chi connectivity index (χ1n) is 13.0. The molecule has 0 bridgehead atoms. The number of pyridine rings is 1. The number of alkyl halides is 2. The molecular formula is C28H32F3N5O3. The van der Waals surface area contributed by atoms with Gasteiger partial charge in [-0.25, -0.2) is 23.1 Å². The number of ether oxygens (including phenoxy) is 1. The third kappa shape index (κ3) is 4.56. The van der Waals surface area contributed by atoms with Crippen molar-refractivity contribution in [1.82, 2.24) is 19.4 Å². The van der Waals surface area contributed by atoms with Crippen molar-refractivity contribution >= 4 is 22.8 Å². The molecule has 208 valence electrons. The van der Waals surface area contributed by atoms with E-state index >= 15 is 0 Å². The molecule has 1 saturated heterocycles. The van der Waals surface area contributed by atoms with Gasteiger partial charge in [-0.3, -0.25) is 14.2 Å². The van der Waals surface area contributed by atoms with Gasteiger partial charge in [0.1, 0.15) is 23.6 Å². The van der Waals surface area contributed by atoms with Gasteiger partial charge >= 0.3 is 0 Å². The van der Waals surface area contributed by atoms with Crippen molar-refractivity contribution in [2.24, 2.45) is 12.5 Å². The van der Waals surface area contributed by atoms with Crippen LogP contribution in [-0.2, 0) is 22.2 Å². The summed E-state index contributed by atoms with van der Waals surface area (Å²) in [5.41, 5.74) is -0.713. The van der Waals surface area contributed by atoms with Gasteiger partial charge in [-0.2, -0.15) is 0 Å². The Bertz CT molecular complexity index is 1480. The maximum absolute atomic E-state index is 14.8. The van der Waals surface area contributed by atoms with Gasteiger partial charge in [0, 0.05) is 45.1 Å². The highest BCUT2D eigenvalue weighted by atomic mass is 19.3. The molecule has 5 rings (SSSR count). The SMILES string of the molecule is COC1(c2cc3c(N[C@H](C)c4cccc(C(F)F)c4F)ncnc3n(C)c2=O)CCC2(CC1)CN(C(C)=O)C2. The van der Waals surface area contributed by atoms with Gasteiger partial charge in [-0.1, -0.05) is 18.2 Å². The number of halogens is 3. The molecule has 1 N–H and O–H groups in total. The van der Waals surface area contributed by atoms with E-state index < -0.39 is 29.4 Å². The number of aromatic nitrogens is 3. The number of carbonyl (C=O) groups excluding carboxylic acids is 1. The Hall–Kier alpha value is -3.47. The van der Waals surface area contributed by atoms with E-state index in [9.17, 15) is 22.8 Å². The zero-order valence-corrected chi connectivity index (χ0v) is 22.4. The molecule has 1 aliphatic carbocycles. The minimum atomic E-state index is -2.93. The molecule has 0 radical (unpaired) electrons. The molecule has 3 aromatic rings. The van der Waals surface area contributed by atoms with E-state index in [0.717, 1.165) is 32.0 Å². The van der Waals surface area contributed by atoms with Crippen LogP contribution in [-0.4, -0.2) is 45.5 Å². The van der Waals surface area contributed by atoms with Gasteiger partial charge in [-0.15, -0.1) is 0 Å². The molecule has 39 heavy (non-hydrogen) atoms. The lowest BCUT2D eigenvalue weighted by molar-refractivity contribution is -0.151. The standard InChI is InChI=1S/C28H32F3N5O3/c1-16(18-6-5-7-19(22(18)29)23(30)31)34-24-20-12-21(26(38)35(3)25(20)33-15-32-24)28(39-4)10-8-27(9-11-28)13-36(14-27)17(2)37/h5-7,12,15-16,23H,8-11,13-14H2,1-4H3,(H,32,33,34)/t16-/m1/s1. The number of hydrogen-bond donors (Lipinski definition) is 1. The number of fused-ring (bicyclic) bond motifs is 1. The molecule has 2 fully saturated rings. The Morgan fingerprint density at radius 3 is 2.41 bits per heavy atom. The van der Waals surface area contributed by atoms with Gasteiger partial charge < -0.3 is 15.0 Å². The predicted molar refractivity (Wildman–Crippen MR) is 140 cm³/mol. The van der Waals surface area contributed by atoms with E-state index in [1.807, 2.05) is 4.90 Å². The van der Waals surface area contributed by atoms with E-state index in [4.69, 9.17) is 4.74 Å². The molecule has 1 amide bonds. The van der Waals surface area contributed by atoms with Crippen molar-refractivity contribution in [3.05, 3.63) is 63.5 Å². The summed E-state index contributed by atoms with van der Waals surface area (Å²) in [6.07, 6.45) is 1.25. The highest BCUT2D eigenvalue weighted by Crippen LogP contribution is 2.51. The van der Waals surface area contributed by atoms with Crippen molar-refractivity contribution in [1.29, 1.82) is 0 Å². The number of aryl methyl sites for hydroxylation is 1. The van der Waals surface area contributed by atoms with Crippen LogP contribution in [0.2, 0.25) is 0 Å². The molecule has 1 spiro atoms. The monoisotopic (exact) mass is 543 g/mol. The Labute approximate surface area is 224 Å². The van der Waals surface area contributed by atoms with Crippen molar-refractivity contribution in [3.8, 4) is 0 Å². The van der Waals surface area contributed by atoms with E-state index in [-0.39, 0.29) is 22.4 Å². The van der Waals surface area contributed by atoms with Crippen molar-refractivity contribution in [3.63, 3.8) is 0 Å². The average Bonchev–Trinajstić information content (AvgIpc) is 2.89. The molecule has 1 aromatic carbocycles. The normalized spacial score (nSPS) is 18.8. The van der Waals surface area contributed by atoms with Crippen LogP contribution in [0.5, 0.6) is 0 Å². The van der Waals surface area contributed by atoms with Gasteiger partial charge in [-0.05, 0) is 38.7 Å². The lowest BCUT2D eigenvalue weighted by atomic mass is 9.63. The van der Waals surface area contributed by atoms with Crippen molar-refractivity contribution in [2.75, 3.05) is 25.5 Å². The maximum atomic E-state index is 14.8. The van der Waals surface area contributed by atoms with E-state index in [1.165, 1.54) is 23.0 Å². The fraction of sp³-hybridized carbons (Fsp3) is 0.500. The number of likely N-dealkylation sites (tertiary alicyclic amines) is 1. The molecule has 11 heteroatoms. The number of rotatable bonds is 6. The number of methoxy groups -OCH3 is 1. The summed E-state index contributed by atoms with van der Waals surface area (Å²) in [4.78, 5) is 35.8. The summed E-state index contributed by atoms with van der Waals surface area (Å²) >= 11 is 0. The minimum Gasteiger partial charge on any atom is -0.373 e. The lowest BCUT2D eigenvalue weighted by Gasteiger charge is -2.55. The van der Waals surface area contributed by atoms with Crippen molar-refractivity contribution < 1.29 is 22.7 Å². The van der Waals surface area contributed by atoms with Gasteiger partial charge in [0.2, 0.25) is 5.91 Å². The fourth-order valence-electron chi connectivity index (χ4n) is 6.13. The van der Waals surface area contributed by atoms with Crippen LogP contribution in [0.1, 0.15) is 68.7 Å². The van der Waals surface area contributed by atoms with Crippen LogP contribution >= 0.6 is 0 Å². The maximum Gasteiger partial charge on any atom is 0.266 e. The lowest BCUT2D eigenvalue weighted by Crippen LogP contribution is -2.60. The molecule has 0 unspecified atom stereocenters. The number of benzene rings is 1. The third-order valence-corrected chi connectivity index (χ3v) is 8.62. The second-order valence-corrected chi connectivity index (χ2v) is 10.9. The molecule has 2 aromatic heterocycles. The second-order valence-electron chi connectivity index (χ2n) is 10.9. The molecular weight excluding hydrogens is 511 g/mol. The van der Waals surface area contributed by atoms with Crippen molar-refractivity contribution in [2.45, 2.75) is 57.6 Å². The molecule has 8 nitrogen and oxygen atoms in total. The number of carbonyl (C=O) groups is 1. The average molecular weight is 544 g/mol. The Morgan fingerprint density at radius 2 is 1.79 bits per heavy atom. The number of hydrogen-bond acceptors (Lipinski definition) is 6. The van der Waals surface area contributed by atoms with Crippen LogP contribution < -0.4 is 10.9 Å². The number of anilines is 1. The zero-order chi connectivity index (χ0) is 28.1. The van der Waals surface area contributed by atoms with Gasteiger partial charge in [0.25, 0.3) is 12.0 Å². The highest BCUT2D eigenvalue weighted by molar-refractivity contribution is 5.87. The van der Waals surface area contributed by atoms with E-state index in [0.29, 0.717) is 35.3 Å². The van der Waals surface area contributed by atoms with E-state index in [2.05, 4.69) is 15.3 Å². The Morgan fingerprint density at radius 1 is 1.13 bits per heavy atom. The fourth-order valence-corrected chi connectivity index (χ4v) is 6.13. The van der Waals surface area contributed by atoms with Crippen LogP contribution in [0, 0.1) is 11.2 Å². The number of nitrogens with zero attached hydrogens (tertiary/aromatic N) is 4. The minimum absolute atomic E-state index is 0.0535. The summed E-state index contributed by atoms with van der Waals surface area (Å²) in [5, 5.41) is 3.67. The van der Waals surface area contributed by atoms with Crippen LogP contribution in [0.15, 0.2) is 35.4 Å². The predicted octanol–water partition coefficient (Wildman–Crippen LogP) is 4.84. The van der Waals surface area contributed by atoms with Crippen LogP contribution in [0.4, 0.5) is 19.0 Å². The summed E-state index contributed by atoms with van der Waals surface area (Å²) < 4.78 is 48.9. The van der Waals surface area contributed by atoms with E-state index in [1.54, 1.807) is 34.1 Å². The number of nitrogens with one attached hydrogen (secondary N) is 1. The van der Waals surface area contributed by atoms with Gasteiger partial charge in [0.15, 0.2) is 0 Å². The summed E-state index contributed by atoms with van der Waals surface area (Å²) in [5.74, 6) is -0.545.